The van der Waals surface area contributed by atoms with E-state index in [1.165, 1.54) is 5.56 Å². The molecular formula is C17H17N3O. The van der Waals surface area contributed by atoms with Crippen molar-refractivity contribution in [2.24, 2.45) is 5.92 Å². The zero-order valence-electron chi connectivity index (χ0n) is 11.8. The Hall–Kier alpha value is -2.17. The van der Waals surface area contributed by atoms with Crippen LogP contribution in [0.1, 0.15) is 18.5 Å². The van der Waals surface area contributed by atoms with Gasteiger partial charge in [0, 0.05) is 11.7 Å². The number of nitrogens with one attached hydrogen (secondary N) is 2. The number of amides is 1. The van der Waals surface area contributed by atoms with Crippen LogP contribution in [-0.4, -0.2) is 11.9 Å². The fraction of sp³-hybridized carbons (Fsp3) is 0.235. The van der Waals surface area contributed by atoms with Crippen LogP contribution in [0.5, 0.6) is 0 Å². The summed E-state index contributed by atoms with van der Waals surface area (Å²) >= 11 is 0. The molecule has 4 nitrogen and oxygen atoms in total. The number of hydrogen-bond acceptors (Lipinski definition) is 3. The van der Waals surface area contributed by atoms with Crippen molar-refractivity contribution >= 4 is 17.3 Å². The minimum Gasteiger partial charge on any atom is -0.280 e. The quantitative estimate of drug-likeness (QED) is 0.843. The number of carbonyl (C=O) groups excluding carboxylic acids is 1. The molecule has 2 aliphatic rings. The summed E-state index contributed by atoms with van der Waals surface area (Å²) in [7, 11) is 0. The highest BCUT2D eigenvalue weighted by atomic mass is 16.2. The van der Waals surface area contributed by atoms with Crippen LogP contribution in [-0.2, 0) is 4.79 Å². The van der Waals surface area contributed by atoms with Crippen molar-refractivity contribution in [1.82, 2.24) is 10.9 Å². The van der Waals surface area contributed by atoms with Crippen LogP contribution in [0.25, 0.3) is 0 Å². The fourth-order valence-corrected chi connectivity index (χ4v) is 3.38. The monoisotopic (exact) mass is 279 g/mol. The maximum atomic E-state index is 13.0. The highest BCUT2D eigenvalue weighted by molar-refractivity contribution is 6.05. The summed E-state index contributed by atoms with van der Waals surface area (Å²) in [5.41, 5.74) is 9.54. The van der Waals surface area contributed by atoms with Gasteiger partial charge in [-0.2, -0.15) is 0 Å². The van der Waals surface area contributed by atoms with Gasteiger partial charge in [-0.3, -0.25) is 15.1 Å². The van der Waals surface area contributed by atoms with E-state index in [0.717, 1.165) is 11.4 Å². The summed E-state index contributed by atoms with van der Waals surface area (Å²) in [6, 6.07) is 18.1. The molecule has 2 aromatic carbocycles. The number of carbonyl (C=O) groups is 1. The third-order valence-electron chi connectivity index (χ3n) is 4.40. The Morgan fingerprint density at radius 2 is 1.67 bits per heavy atom. The summed E-state index contributed by atoms with van der Waals surface area (Å²) in [6.45, 7) is 2.05. The molecule has 1 amide bonds. The van der Waals surface area contributed by atoms with E-state index >= 15 is 0 Å². The minimum atomic E-state index is -0.0832. The van der Waals surface area contributed by atoms with Gasteiger partial charge >= 0.3 is 0 Å². The van der Waals surface area contributed by atoms with E-state index in [9.17, 15) is 4.79 Å². The Bertz CT molecular complexity index is 685. The maximum Gasteiger partial charge on any atom is 0.238 e. The molecular weight excluding hydrogens is 262 g/mol. The average molecular weight is 279 g/mol. The second-order valence-corrected chi connectivity index (χ2v) is 5.65. The molecule has 0 radical (unpaired) electrons. The first-order chi connectivity index (χ1) is 10.3. The number of hydrogen-bond donors (Lipinski definition) is 2. The Morgan fingerprint density at radius 3 is 2.48 bits per heavy atom. The summed E-state index contributed by atoms with van der Waals surface area (Å²) in [5, 5.41) is 0. The van der Waals surface area contributed by atoms with Crippen LogP contribution in [0, 0.1) is 5.92 Å². The van der Waals surface area contributed by atoms with Crippen molar-refractivity contribution in [3.8, 4) is 0 Å². The molecule has 4 heteroatoms. The largest absolute Gasteiger partial charge is 0.280 e. The van der Waals surface area contributed by atoms with Crippen molar-refractivity contribution in [1.29, 1.82) is 0 Å². The second kappa shape index (κ2) is 4.69. The van der Waals surface area contributed by atoms with E-state index in [1.807, 2.05) is 60.4 Å². The first kappa shape index (κ1) is 12.6. The highest BCUT2D eigenvalue weighted by Crippen LogP contribution is 2.44. The van der Waals surface area contributed by atoms with Gasteiger partial charge in [0.15, 0.2) is 0 Å². The molecule has 0 saturated carbocycles. The Morgan fingerprint density at radius 1 is 0.952 bits per heavy atom. The van der Waals surface area contributed by atoms with Crippen molar-refractivity contribution in [3.05, 3.63) is 60.2 Å². The lowest BCUT2D eigenvalue weighted by Crippen LogP contribution is -2.43. The number of para-hydroxylation sites is 2. The molecule has 3 atom stereocenters. The number of rotatable bonds is 1. The molecule has 4 rings (SSSR count). The van der Waals surface area contributed by atoms with Crippen molar-refractivity contribution in [2.45, 2.75) is 19.0 Å². The smallest absolute Gasteiger partial charge is 0.238 e. The topological polar surface area (TPSA) is 44.4 Å². The van der Waals surface area contributed by atoms with E-state index in [2.05, 4.69) is 16.9 Å². The van der Waals surface area contributed by atoms with Gasteiger partial charge in [-0.25, -0.2) is 5.43 Å². The molecule has 2 heterocycles. The molecule has 0 spiro atoms. The van der Waals surface area contributed by atoms with Crippen LogP contribution in [0.3, 0.4) is 0 Å². The predicted molar refractivity (Wildman–Crippen MR) is 82.0 cm³/mol. The lowest BCUT2D eigenvalue weighted by atomic mass is 9.84. The molecule has 2 aromatic rings. The summed E-state index contributed by atoms with van der Waals surface area (Å²) in [6.07, 6.45) is 0. The zero-order chi connectivity index (χ0) is 14.4. The van der Waals surface area contributed by atoms with Crippen molar-refractivity contribution < 1.29 is 4.79 Å². The van der Waals surface area contributed by atoms with Crippen LogP contribution < -0.4 is 15.8 Å². The molecule has 2 N–H and O–H groups in total. The maximum absolute atomic E-state index is 13.0. The summed E-state index contributed by atoms with van der Waals surface area (Å²) in [4.78, 5) is 14.9. The molecule has 1 saturated heterocycles. The summed E-state index contributed by atoms with van der Waals surface area (Å²) in [5.74, 6) is 0.0648. The Balaban J connectivity index is 1.91. The lowest BCUT2D eigenvalue weighted by Gasteiger charge is -2.36. The summed E-state index contributed by atoms with van der Waals surface area (Å²) < 4.78 is 0. The lowest BCUT2D eigenvalue weighted by molar-refractivity contribution is -0.122. The van der Waals surface area contributed by atoms with Crippen molar-refractivity contribution in [2.75, 3.05) is 4.90 Å². The van der Waals surface area contributed by atoms with Crippen LogP contribution in [0.4, 0.5) is 11.4 Å². The third-order valence-corrected chi connectivity index (χ3v) is 4.40. The molecule has 0 aliphatic carbocycles. The van der Waals surface area contributed by atoms with E-state index < -0.39 is 0 Å². The van der Waals surface area contributed by atoms with Crippen LogP contribution in [0.2, 0.25) is 0 Å². The third kappa shape index (κ3) is 1.80. The van der Waals surface area contributed by atoms with E-state index in [0.29, 0.717) is 0 Å². The average Bonchev–Trinajstić information content (AvgIpc) is 2.91. The van der Waals surface area contributed by atoms with Crippen molar-refractivity contribution in [3.63, 3.8) is 0 Å². The second-order valence-electron chi connectivity index (χ2n) is 5.65. The van der Waals surface area contributed by atoms with Gasteiger partial charge in [0.1, 0.15) is 0 Å². The first-order valence-electron chi connectivity index (χ1n) is 7.26. The molecule has 21 heavy (non-hydrogen) atoms. The molecule has 3 unspecified atom stereocenters. The number of anilines is 2. The first-order valence-corrected chi connectivity index (χ1v) is 7.26. The molecule has 2 aliphatic heterocycles. The van der Waals surface area contributed by atoms with Crippen LogP contribution in [0.15, 0.2) is 54.6 Å². The SMILES string of the molecule is CC1NNC2c3ccccc3N(c3ccccc3)C(=O)C12. The standard InChI is InChI=1S/C17H17N3O/c1-11-15-16(19-18-11)13-9-5-6-10-14(13)20(17(15)21)12-7-3-2-4-8-12/h2-11,15-16,18-19H,1H3. The number of nitrogens with zero attached hydrogens (tertiary/aromatic N) is 1. The molecule has 0 bridgehead atoms. The highest BCUT2D eigenvalue weighted by Gasteiger charge is 2.47. The van der Waals surface area contributed by atoms with Gasteiger partial charge in [0.2, 0.25) is 5.91 Å². The van der Waals surface area contributed by atoms with Gasteiger partial charge in [0.25, 0.3) is 0 Å². The van der Waals surface area contributed by atoms with Gasteiger partial charge in [0.05, 0.1) is 17.6 Å². The van der Waals surface area contributed by atoms with Gasteiger partial charge in [-0.15, -0.1) is 0 Å². The van der Waals surface area contributed by atoms with E-state index in [1.54, 1.807) is 0 Å². The minimum absolute atomic E-state index is 0.0451. The van der Waals surface area contributed by atoms with E-state index in [-0.39, 0.29) is 23.9 Å². The van der Waals surface area contributed by atoms with Crippen LogP contribution >= 0.6 is 0 Å². The normalized spacial score (nSPS) is 27.4. The molecule has 106 valence electrons. The van der Waals surface area contributed by atoms with Gasteiger partial charge < -0.3 is 0 Å². The van der Waals surface area contributed by atoms with Gasteiger partial charge in [-0.1, -0.05) is 36.4 Å². The predicted octanol–water partition coefficient (Wildman–Crippen LogP) is 2.52. The number of benzene rings is 2. The number of fused-ring (bicyclic) bond motifs is 3. The van der Waals surface area contributed by atoms with Gasteiger partial charge in [-0.05, 0) is 30.7 Å². The Labute approximate surface area is 123 Å². The van der Waals surface area contributed by atoms with E-state index in [4.69, 9.17) is 0 Å². The Kier molecular flexibility index (Phi) is 2.80. The zero-order valence-corrected chi connectivity index (χ0v) is 11.8. The fourth-order valence-electron chi connectivity index (χ4n) is 3.38. The number of hydrazine groups is 1. The molecule has 0 aromatic heterocycles. The molecule has 1 fully saturated rings.